The highest BCUT2D eigenvalue weighted by molar-refractivity contribution is 7.88. The summed E-state index contributed by atoms with van der Waals surface area (Å²) in [6, 6.07) is 4.07. The van der Waals surface area contributed by atoms with E-state index in [1.54, 1.807) is 0 Å². The monoisotopic (exact) mass is 365 g/mol. The first-order chi connectivity index (χ1) is 11.9. The van der Waals surface area contributed by atoms with E-state index in [2.05, 4.69) is 21.4 Å². The van der Waals surface area contributed by atoms with E-state index in [-0.39, 0.29) is 11.8 Å². The maximum atomic E-state index is 13.0. The van der Waals surface area contributed by atoms with Gasteiger partial charge in [0.2, 0.25) is 15.9 Å². The third-order valence-corrected chi connectivity index (χ3v) is 5.71. The number of carbonyl (C=O) groups excluding carboxylic acids is 1. The summed E-state index contributed by atoms with van der Waals surface area (Å²) in [5, 5.41) is 0. The molecule has 2 aliphatic rings. The minimum atomic E-state index is -3.18. The molecule has 1 aliphatic carbocycles. The molecule has 1 aliphatic heterocycles. The average Bonchev–Trinajstić information content (AvgIpc) is 2.92. The molecule has 0 spiro atoms. The molecule has 1 amide bonds. The van der Waals surface area contributed by atoms with Crippen molar-refractivity contribution in [1.29, 1.82) is 0 Å². The summed E-state index contributed by atoms with van der Waals surface area (Å²) in [5.41, 5.74) is 2.09. The summed E-state index contributed by atoms with van der Waals surface area (Å²) < 4.78 is 27.3. The first kappa shape index (κ1) is 18.2. The molecule has 0 saturated carbocycles. The summed E-state index contributed by atoms with van der Waals surface area (Å²) in [4.78, 5) is 14.9. The normalized spacial score (nSPS) is 21.4. The Kier molecular flexibility index (Phi) is 5.64. The Balaban J connectivity index is 1.72. The van der Waals surface area contributed by atoms with Crippen molar-refractivity contribution in [2.75, 3.05) is 19.3 Å². The quantitative estimate of drug-likeness (QED) is 0.866. The lowest BCUT2D eigenvalue weighted by atomic mass is 9.98. The molecule has 25 heavy (non-hydrogen) atoms. The Hall–Kier alpha value is -1.60. The lowest BCUT2D eigenvalue weighted by Crippen LogP contribution is -2.36. The predicted molar refractivity (Wildman–Crippen MR) is 97.4 cm³/mol. The van der Waals surface area contributed by atoms with E-state index in [4.69, 9.17) is 0 Å². The first-order valence-corrected chi connectivity index (χ1v) is 10.9. The van der Waals surface area contributed by atoms with Crippen LogP contribution in [0.1, 0.15) is 37.8 Å². The molecule has 1 atom stereocenters. The zero-order valence-electron chi connectivity index (χ0n) is 14.8. The summed E-state index contributed by atoms with van der Waals surface area (Å²) in [7, 11) is -3.18. The molecule has 0 fully saturated rings. The molecule has 3 rings (SSSR count). The van der Waals surface area contributed by atoms with Gasteiger partial charge in [0.1, 0.15) is 0 Å². The van der Waals surface area contributed by atoms with Crippen molar-refractivity contribution < 1.29 is 13.2 Å². The number of aromatic nitrogens is 1. The topological polar surface area (TPSA) is 71.4 Å². The summed E-state index contributed by atoms with van der Waals surface area (Å²) >= 11 is 0. The molecule has 1 N–H and O–H groups in total. The molecule has 138 valence electrons. The van der Waals surface area contributed by atoms with Crippen LogP contribution in [0.2, 0.25) is 0 Å². The zero-order valence-corrected chi connectivity index (χ0v) is 15.6. The van der Waals surface area contributed by atoms with E-state index in [0.29, 0.717) is 26.1 Å². The standard InChI is InChI=1S/C18H27N3O3S/c1-25(23,24)19-10-9-15-12-20-11-5-8-17(20)14-21(13-15)18(22)16-6-3-2-4-7-16/h5-6,8,11,15,19H,2-4,7,9-10,12-14H2,1H3/t15-/m0/s1. The van der Waals surface area contributed by atoms with Crippen LogP contribution < -0.4 is 4.72 Å². The maximum Gasteiger partial charge on any atom is 0.249 e. The Morgan fingerprint density at radius 2 is 2.16 bits per heavy atom. The predicted octanol–water partition coefficient (Wildman–Crippen LogP) is 1.89. The molecule has 1 aromatic heterocycles. The van der Waals surface area contributed by atoms with Crippen LogP contribution in [-0.4, -0.2) is 43.1 Å². The van der Waals surface area contributed by atoms with Crippen LogP contribution in [0.5, 0.6) is 0 Å². The second-order valence-corrected chi connectivity index (χ2v) is 8.97. The highest BCUT2D eigenvalue weighted by Crippen LogP contribution is 2.24. The van der Waals surface area contributed by atoms with Gasteiger partial charge in [-0.1, -0.05) is 6.08 Å². The molecule has 0 aromatic carbocycles. The van der Waals surface area contributed by atoms with Crippen molar-refractivity contribution in [3.63, 3.8) is 0 Å². The van der Waals surface area contributed by atoms with E-state index >= 15 is 0 Å². The number of sulfonamides is 1. The number of hydrogen-bond donors (Lipinski definition) is 1. The Labute approximate surface area is 149 Å². The molecular weight excluding hydrogens is 338 g/mol. The highest BCUT2D eigenvalue weighted by atomic mass is 32.2. The zero-order chi connectivity index (χ0) is 17.9. The van der Waals surface area contributed by atoms with Crippen LogP contribution in [0, 0.1) is 5.92 Å². The Bertz CT molecular complexity index is 751. The van der Waals surface area contributed by atoms with E-state index < -0.39 is 10.0 Å². The molecule has 0 saturated heterocycles. The molecule has 6 nitrogen and oxygen atoms in total. The lowest BCUT2D eigenvalue weighted by Gasteiger charge is -2.26. The summed E-state index contributed by atoms with van der Waals surface area (Å²) in [5.74, 6) is 0.381. The van der Waals surface area contributed by atoms with Crippen LogP contribution in [0.15, 0.2) is 30.0 Å². The fourth-order valence-corrected chi connectivity index (χ4v) is 4.19. The third-order valence-electron chi connectivity index (χ3n) is 4.98. The highest BCUT2D eigenvalue weighted by Gasteiger charge is 2.27. The number of allylic oxidation sites excluding steroid dienone is 1. The van der Waals surface area contributed by atoms with E-state index in [1.807, 2.05) is 17.2 Å². The number of amides is 1. The van der Waals surface area contributed by atoms with E-state index in [0.717, 1.165) is 37.1 Å². The smallest absolute Gasteiger partial charge is 0.249 e. The summed E-state index contributed by atoms with van der Waals surface area (Å²) in [6.07, 6.45) is 10.1. The van der Waals surface area contributed by atoms with Gasteiger partial charge in [0, 0.05) is 37.1 Å². The maximum absolute atomic E-state index is 13.0. The van der Waals surface area contributed by atoms with Crippen LogP contribution in [0.4, 0.5) is 0 Å². The van der Waals surface area contributed by atoms with Crippen LogP contribution in [0.3, 0.4) is 0 Å². The second kappa shape index (κ2) is 7.74. The Morgan fingerprint density at radius 1 is 1.32 bits per heavy atom. The molecular formula is C18H27N3O3S. The van der Waals surface area contributed by atoms with Crippen LogP contribution in [-0.2, 0) is 27.9 Å². The number of rotatable bonds is 5. The number of fused-ring (bicyclic) bond motifs is 1. The molecule has 0 unspecified atom stereocenters. The Morgan fingerprint density at radius 3 is 2.88 bits per heavy atom. The van der Waals surface area contributed by atoms with Gasteiger partial charge in [0.15, 0.2) is 0 Å². The van der Waals surface area contributed by atoms with Crippen molar-refractivity contribution in [2.24, 2.45) is 5.92 Å². The molecule has 0 radical (unpaired) electrons. The van der Waals surface area contributed by atoms with Gasteiger partial charge in [0.25, 0.3) is 0 Å². The van der Waals surface area contributed by atoms with Gasteiger partial charge in [-0.15, -0.1) is 0 Å². The van der Waals surface area contributed by atoms with E-state index in [9.17, 15) is 13.2 Å². The first-order valence-electron chi connectivity index (χ1n) is 8.99. The SMILES string of the molecule is CS(=O)(=O)NCC[C@@H]1CN(C(=O)C2=CCCCC2)Cc2cccn2C1. The van der Waals surface area contributed by atoms with Crippen molar-refractivity contribution in [3.8, 4) is 0 Å². The molecule has 1 aromatic rings. The second-order valence-electron chi connectivity index (χ2n) is 7.13. The largest absolute Gasteiger partial charge is 0.349 e. The van der Waals surface area contributed by atoms with E-state index in [1.165, 1.54) is 12.7 Å². The van der Waals surface area contributed by atoms with Gasteiger partial charge < -0.3 is 9.47 Å². The van der Waals surface area contributed by atoms with Gasteiger partial charge in [-0.3, -0.25) is 4.79 Å². The van der Waals surface area contributed by atoms with Crippen molar-refractivity contribution in [3.05, 3.63) is 35.7 Å². The summed E-state index contributed by atoms with van der Waals surface area (Å²) in [6.45, 7) is 2.52. The fourth-order valence-electron chi connectivity index (χ4n) is 3.70. The minimum Gasteiger partial charge on any atom is -0.349 e. The average molecular weight is 365 g/mol. The number of nitrogens with zero attached hydrogens (tertiary/aromatic N) is 2. The number of carbonyl (C=O) groups is 1. The number of nitrogens with one attached hydrogen (secondary N) is 1. The van der Waals surface area contributed by atoms with Crippen LogP contribution >= 0.6 is 0 Å². The van der Waals surface area contributed by atoms with Crippen LogP contribution in [0.25, 0.3) is 0 Å². The third kappa shape index (κ3) is 4.95. The van der Waals surface area contributed by atoms with Crippen molar-refractivity contribution >= 4 is 15.9 Å². The molecule has 0 bridgehead atoms. The van der Waals surface area contributed by atoms with Gasteiger partial charge in [0.05, 0.1) is 12.8 Å². The minimum absolute atomic E-state index is 0.149. The van der Waals surface area contributed by atoms with Gasteiger partial charge in [-0.05, 0) is 50.2 Å². The lowest BCUT2D eigenvalue weighted by molar-refractivity contribution is -0.128. The van der Waals surface area contributed by atoms with Gasteiger partial charge in [-0.2, -0.15) is 0 Å². The van der Waals surface area contributed by atoms with Crippen molar-refractivity contribution in [1.82, 2.24) is 14.2 Å². The number of hydrogen-bond acceptors (Lipinski definition) is 3. The van der Waals surface area contributed by atoms with Crippen molar-refractivity contribution in [2.45, 2.75) is 45.2 Å². The van der Waals surface area contributed by atoms with Gasteiger partial charge in [-0.25, -0.2) is 13.1 Å². The van der Waals surface area contributed by atoms with Gasteiger partial charge >= 0.3 is 0 Å². The molecule has 7 heteroatoms. The molecule has 2 heterocycles. The fraction of sp³-hybridized carbons (Fsp3) is 0.611.